The summed E-state index contributed by atoms with van der Waals surface area (Å²) in [5.74, 6) is 0.658. The molecule has 1 saturated heterocycles. The molecule has 0 aromatic heterocycles. The Labute approximate surface area is 116 Å². The highest BCUT2D eigenvalue weighted by Gasteiger charge is 2.25. The minimum Gasteiger partial charge on any atom is -0.389 e. The van der Waals surface area contributed by atoms with Crippen LogP contribution in [-0.2, 0) is 9.47 Å². The molecule has 0 amide bonds. The van der Waals surface area contributed by atoms with E-state index in [4.69, 9.17) is 9.47 Å². The molecule has 0 aromatic rings. The number of hydrogen-bond donors (Lipinski definition) is 1. The largest absolute Gasteiger partial charge is 0.389 e. The van der Waals surface area contributed by atoms with Gasteiger partial charge in [-0.05, 0) is 18.8 Å². The van der Waals surface area contributed by atoms with Crippen LogP contribution in [0.5, 0.6) is 0 Å². The van der Waals surface area contributed by atoms with Gasteiger partial charge in [-0.2, -0.15) is 0 Å². The summed E-state index contributed by atoms with van der Waals surface area (Å²) in [5, 5.41) is 9.94. The van der Waals surface area contributed by atoms with Crippen LogP contribution < -0.4 is 0 Å². The first-order chi connectivity index (χ1) is 8.25. The molecule has 108 valence electrons. The lowest BCUT2D eigenvalue weighted by Gasteiger charge is -2.29. The third kappa shape index (κ3) is 5.02. The lowest BCUT2D eigenvalue weighted by molar-refractivity contribution is -0.0435. The first kappa shape index (κ1) is 16.2. The zero-order chi connectivity index (χ0) is 12.1. The third-order valence-electron chi connectivity index (χ3n) is 3.86. The van der Waals surface area contributed by atoms with E-state index in [1.54, 1.807) is 0 Å². The van der Waals surface area contributed by atoms with E-state index in [9.17, 15) is 5.11 Å². The number of hydrogen-bond acceptors (Lipinski definition) is 4. The van der Waals surface area contributed by atoms with E-state index in [0.717, 1.165) is 32.7 Å². The quantitative estimate of drug-likeness (QED) is 0.824. The summed E-state index contributed by atoms with van der Waals surface area (Å²) in [6.45, 7) is 6.86. The average Bonchev–Trinajstić information content (AvgIpc) is 2.74. The van der Waals surface area contributed by atoms with Crippen LogP contribution in [0.15, 0.2) is 0 Å². The zero-order valence-electron chi connectivity index (χ0n) is 11.2. The number of halogens is 1. The highest BCUT2D eigenvalue weighted by Crippen LogP contribution is 2.27. The molecule has 4 nitrogen and oxygen atoms in total. The molecule has 0 aromatic carbocycles. The van der Waals surface area contributed by atoms with E-state index in [-0.39, 0.29) is 18.5 Å². The predicted octanol–water partition coefficient (Wildman–Crippen LogP) is 1.31. The van der Waals surface area contributed by atoms with E-state index < -0.39 is 0 Å². The average molecular weight is 280 g/mol. The van der Waals surface area contributed by atoms with Crippen LogP contribution in [0.2, 0.25) is 0 Å². The molecular weight excluding hydrogens is 254 g/mol. The molecule has 1 aliphatic carbocycles. The smallest absolute Gasteiger partial charge is 0.0900 e. The molecule has 1 heterocycles. The van der Waals surface area contributed by atoms with Crippen molar-refractivity contribution in [3.05, 3.63) is 0 Å². The van der Waals surface area contributed by atoms with E-state index in [2.05, 4.69) is 11.8 Å². The van der Waals surface area contributed by atoms with Gasteiger partial charge < -0.3 is 14.6 Å². The third-order valence-corrected chi connectivity index (χ3v) is 3.86. The van der Waals surface area contributed by atoms with Crippen molar-refractivity contribution >= 4 is 12.4 Å². The Bertz CT molecular complexity index is 224. The molecule has 2 fully saturated rings. The number of β-amino-alcohol motifs (C(OH)–C–C–N with tert-alkyl or cyclic N) is 1. The summed E-state index contributed by atoms with van der Waals surface area (Å²) >= 11 is 0. The highest BCUT2D eigenvalue weighted by molar-refractivity contribution is 5.85. The molecule has 0 bridgehead atoms. The van der Waals surface area contributed by atoms with Crippen LogP contribution in [0.25, 0.3) is 0 Å². The van der Waals surface area contributed by atoms with Gasteiger partial charge >= 0.3 is 0 Å². The minimum absolute atomic E-state index is 0. The number of aliphatic hydroxyl groups excluding tert-OH is 1. The summed E-state index contributed by atoms with van der Waals surface area (Å²) in [7, 11) is 0. The molecule has 2 rings (SSSR count). The number of aliphatic hydroxyl groups is 1. The van der Waals surface area contributed by atoms with Gasteiger partial charge in [0.2, 0.25) is 0 Å². The molecule has 2 aliphatic rings. The van der Waals surface area contributed by atoms with Gasteiger partial charge in [0, 0.05) is 19.6 Å². The van der Waals surface area contributed by atoms with Gasteiger partial charge in [-0.3, -0.25) is 4.90 Å². The van der Waals surface area contributed by atoms with Crippen molar-refractivity contribution < 1.29 is 14.6 Å². The molecule has 1 N–H and O–H groups in total. The Balaban J connectivity index is 0.00000162. The maximum Gasteiger partial charge on any atom is 0.0900 e. The lowest BCUT2D eigenvalue weighted by atomic mass is 10.1. The van der Waals surface area contributed by atoms with Crippen molar-refractivity contribution in [2.75, 3.05) is 39.5 Å². The van der Waals surface area contributed by atoms with Crippen molar-refractivity contribution in [2.45, 2.75) is 38.4 Å². The normalized spacial score (nSPS) is 31.0. The Morgan fingerprint density at radius 3 is 2.67 bits per heavy atom. The number of ether oxygens (including phenoxy) is 2. The van der Waals surface area contributed by atoms with Crippen molar-refractivity contribution in [1.29, 1.82) is 0 Å². The van der Waals surface area contributed by atoms with Crippen LogP contribution >= 0.6 is 12.4 Å². The topological polar surface area (TPSA) is 41.9 Å². The Morgan fingerprint density at radius 1 is 1.33 bits per heavy atom. The second kappa shape index (κ2) is 8.33. The Kier molecular flexibility index (Phi) is 7.49. The van der Waals surface area contributed by atoms with Gasteiger partial charge in [-0.15, -0.1) is 12.4 Å². The van der Waals surface area contributed by atoms with E-state index >= 15 is 0 Å². The van der Waals surface area contributed by atoms with Crippen LogP contribution in [0, 0.1) is 5.92 Å². The van der Waals surface area contributed by atoms with E-state index in [1.807, 2.05) is 0 Å². The summed E-state index contributed by atoms with van der Waals surface area (Å²) < 4.78 is 11.1. The van der Waals surface area contributed by atoms with E-state index in [1.165, 1.54) is 12.8 Å². The first-order valence-electron chi connectivity index (χ1n) is 6.85. The van der Waals surface area contributed by atoms with Gasteiger partial charge in [0.1, 0.15) is 0 Å². The fourth-order valence-electron chi connectivity index (χ4n) is 2.73. The number of nitrogens with zero attached hydrogens (tertiary/aromatic N) is 1. The number of morpholine rings is 1. The summed E-state index contributed by atoms with van der Waals surface area (Å²) in [6.07, 6.45) is 3.70. The minimum atomic E-state index is -0.360. The zero-order valence-corrected chi connectivity index (χ0v) is 12.0. The Hall–Kier alpha value is 0.130. The molecule has 0 radical (unpaired) electrons. The van der Waals surface area contributed by atoms with Crippen molar-refractivity contribution in [2.24, 2.45) is 5.92 Å². The van der Waals surface area contributed by atoms with Crippen molar-refractivity contribution in [3.8, 4) is 0 Å². The van der Waals surface area contributed by atoms with Crippen LogP contribution in [0.1, 0.15) is 26.2 Å². The van der Waals surface area contributed by atoms with Gasteiger partial charge in [0.25, 0.3) is 0 Å². The van der Waals surface area contributed by atoms with Crippen molar-refractivity contribution in [3.63, 3.8) is 0 Å². The standard InChI is InChI=1S/C13H25NO3.ClH/c1-11-3-2-4-13(11)17-10-12(15)9-14-5-7-16-8-6-14;/h11-13,15H,2-10H2,1H3;1H. The second-order valence-electron chi connectivity index (χ2n) is 5.35. The summed E-state index contributed by atoms with van der Waals surface area (Å²) in [4.78, 5) is 2.25. The second-order valence-corrected chi connectivity index (χ2v) is 5.35. The molecule has 5 heteroatoms. The Morgan fingerprint density at radius 2 is 2.06 bits per heavy atom. The summed E-state index contributed by atoms with van der Waals surface area (Å²) in [6, 6.07) is 0. The summed E-state index contributed by atoms with van der Waals surface area (Å²) in [5.41, 5.74) is 0. The molecule has 1 aliphatic heterocycles. The fraction of sp³-hybridized carbons (Fsp3) is 1.00. The molecule has 3 unspecified atom stereocenters. The number of rotatable bonds is 5. The van der Waals surface area contributed by atoms with Crippen LogP contribution in [-0.4, -0.2) is 61.7 Å². The van der Waals surface area contributed by atoms with Gasteiger partial charge in [0.05, 0.1) is 32.0 Å². The van der Waals surface area contributed by atoms with Crippen LogP contribution in [0.4, 0.5) is 0 Å². The lowest BCUT2D eigenvalue weighted by Crippen LogP contribution is -2.42. The van der Waals surface area contributed by atoms with Crippen LogP contribution in [0.3, 0.4) is 0 Å². The van der Waals surface area contributed by atoms with Crippen molar-refractivity contribution in [1.82, 2.24) is 4.90 Å². The SMILES string of the molecule is CC1CCCC1OCC(O)CN1CCOCC1.Cl. The van der Waals surface area contributed by atoms with E-state index in [0.29, 0.717) is 25.2 Å². The molecule has 1 saturated carbocycles. The van der Waals surface area contributed by atoms with Gasteiger partial charge in [-0.1, -0.05) is 13.3 Å². The van der Waals surface area contributed by atoms with Gasteiger partial charge in [0.15, 0.2) is 0 Å². The molecular formula is C13H26ClNO3. The molecule has 18 heavy (non-hydrogen) atoms. The predicted molar refractivity (Wildman–Crippen MR) is 73.3 cm³/mol. The monoisotopic (exact) mass is 279 g/mol. The molecule has 3 atom stereocenters. The highest BCUT2D eigenvalue weighted by atomic mass is 35.5. The maximum atomic E-state index is 9.94. The fourth-order valence-corrected chi connectivity index (χ4v) is 2.73. The first-order valence-corrected chi connectivity index (χ1v) is 6.85. The maximum absolute atomic E-state index is 9.94. The molecule has 0 spiro atoms. The van der Waals surface area contributed by atoms with Gasteiger partial charge in [-0.25, -0.2) is 0 Å².